The van der Waals surface area contributed by atoms with Gasteiger partial charge >= 0.3 is 6.09 Å². The second-order valence-corrected chi connectivity index (χ2v) is 3.31. The SMILES string of the molecule is COC(=O)NC1CC/C=C/CCC1. The summed E-state index contributed by atoms with van der Waals surface area (Å²) < 4.78 is 4.56. The van der Waals surface area contributed by atoms with Crippen LogP contribution in [0.15, 0.2) is 12.2 Å². The average Bonchev–Trinajstić information content (AvgIpc) is 2.09. The molecule has 1 unspecified atom stereocenters. The number of rotatable bonds is 1. The summed E-state index contributed by atoms with van der Waals surface area (Å²) in [6.45, 7) is 0. The highest BCUT2D eigenvalue weighted by atomic mass is 16.5. The zero-order valence-corrected chi connectivity index (χ0v) is 8.08. The van der Waals surface area contributed by atoms with E-state index in [2.05, 4.69) is 22.2 Å². The number of hydrogen-bond acceptors (Lipinski definition) is 2. The molecule has 1 aliphatic carbocycles. The van der Waals surface area contributed by atoms with Gasteiger partial charge in [0.15, 0.2) is 0 Å². The Kier molecular flexibility index (Phi) is 4.36. The Labute approximate surface area is 79.2 Å². The first-order valence-corrected chi connectivity index (χ1v) is 4.82. The van der Waals surface area contributed by atoms with Gasteiger partial charge in [0.1, 0.15) is 0 Å². The van der Waals surface area contributed by atoms with Crippen molar-refractivity contribution in [3.05, 3.63) is 12.2 Å². The molecule has 0 heterocycles. The number of carbonyl (C=O) groups is 1. The molecule has 0 saturated carbocycles. The summed E-state index contributed by atoms with van der Waals surface area (Å²) in [6, 6.07) is 0.289. The maximum absolute atomic E-state index is 10.9. The van der Waals surface area contributed by atoms with Gasteiger partial charge in [0.05, 0.1) is 7.11 Å². The maximum Gasteiger partial charge on any atom is 0.407 e. The lowest BCUT2D eigenvalue weighted by Crippen LogP contribution is -2.34. The number of allylic oxidation sites excluding steroid dienone is 2. The van der Waals surface area contributed by atoms with Gasteiger partial charge < -0.3 is 10.1 Å². The molecule has 0 spiro atoms. The first-order chi connectivity index (χ1) is 6.33. The zero-order valence-electron chi connectivity index (χ0n) is 8.08. The minimum Gasteiger partial charge on any atom is -0.453 e. The zero-order chi connectivity index (χ0) is 9.52. The monoisotopic (exact) mass is 183 g/mol. The van der Waals surface area contributed by atoms with Gasteiger partial charge in [-0.3, -0.25) is 0 Å². The van der Waals surface area contributed by atoms with Crippen molar-refractivity contribution in [2.24, 2.45) is 0 Å². The van der Waals surface area contributed by atoms with E-state index in [1.807, 2.05) is 0 Å². The summed E-state index contributed by atoms with van der Waals surface area (Å²) in [5.41, 5.74) is 0. The molecule has 0 aromatic rings. The second kappa shape index (κ2) is 5.62. The van der Waals surface area contributed by atoms with Gasteiger partial charge in [0.2, 0.25) is 0 Å². The van der Waals surface area contributed by atoms with E-state index in [1.165, 1.54) is 7.11 Å². The third-order valence-corrected chi connectivity index (χ3v) is 2.28. The molecule has 0 aromatic heterocycles. The van der Waals surface area contributed by atoms with Crippen LogP contribution < -0.4 is 5.32 Å². The third kappa shape index (κ3) is 3.97. The maximum atomic E-state index is 10.9. The molecule has 1 amide bonds. The molecule has 3 heteroatoms. The normalized spacial score (nSPS) is 25.5. The number of amides is 1. The van der Waals surface area contributed by atoms with E-state index in [-0.39, 0.29) is 12.1 Å². The molecule has 0 bridgehead atoms. The second-order valence-electron chi connectivity index (χ2n) is 3.31. The van der Waals surface area contributed by atoms with Crippen LogP contribution >= 0.6 is 0 Å². The highest BCUT2D eigenvalue weighted by Gasteiger charge is 2.11. The summed E-state index contributed by atoms with van der Waals surface area (Å²) in [6.07, 6.45) is 9.48. The third-order valence-electron chi connectivity index (χ3n) is 2.28. The van der Waals surface area contributed by atoms with Gasteiger partial charge in [-0.25, -0.2) is 4.79 Å². The molecule has 0 saturated heterocycles. The Balaban J connectivity index is 2.31. The fourth-order valence-corrected chi connectivity index (χ4v) is 1.53. The van der Waals surface area contributed by atoms with Crippen LogP contribution in [0.5, 0.6) is 0 Å². The number of carbonyl (C=O) groups excluding carboxylic acids is 1. The predicted octanol–water partition coefficient (Wildman–Crippen LogP) is 2.23. The fraction of sp³-hybridized carbons (Fsp3) is 0.700. The van der Waals surface area contributed by atoms with Crippen LogP contribution in [0.4, 0.5) is 4.79 Å². The van der Waals surface area contributed by atoms with Crippen molar-refractivity contribution < 1.29 is 9.53 Å². The van der Waals surface area contributed by atoms with Gasteiger partial charge in [-0.05, 0) is 32.1 Å². The molecule has 1 N–H and O–H groups in total. The molecule has 0 fully saturated rings. The number of nitrogens with one attached hydrogen (secondary N) is 1. The summed E-state index contributed by atoms with van der Waals surface area (Å²) >= 11 is 0. The lowest BCUT2D eigenvalue weighted by atomic mass is 10.0. The average molecular weight is 183 g/mol. The van der Waals surface area contributed by atoms with Crippen LogP contribution in [0.2, 0.25) is 0 Å². The fourth-order valence-electron chi connectivity index (χ4n) is 1.53. The summed E-state index contributed by atoms with van der Waals surface area (Å²) in [5, 5.41) is 2.84. The lowest BCUT2D eigenvalue weighted by Gasteiger charge is -2.18. The summed E-state index contributed by atoms with van der Waals surface area (Å²) in [4.78, 5) is 10.9. The molecule has 3 nitrogen and oxygen atoms in total. The van der Waals surface area contributed by atoms with E-state index in [9.17, 15) is 4.79 Å². The first-order valence-electron chi connectivity index (χ1n) is 4.82. The van der Waals surface area contributed by atoms with E-state index >= 15 is 0 Å². The molecule has 1 rings (SSSR count). The van der Waals surface area contributed by atoms with Crippen LogP contribution in [0.1, 0.15) is 32.1 Å². The molecule has 0 aliphatic heterocycles. The van der Waals surface area contributed by atoms with E-state index in [0.717, 1.165) is 32.1 Å². The van der Waals surface area contributed by atoms with Crippen molar-refractivity contribution in [3.63, 3.8) is 0 Å². The highest BCUT2D eigenvalue weighted by molar-refractivity contribution is 5.67. The van der Waals surface area contributed by atoms with E-state index < -0.39 is 0 Å². The molecule has 0 aromatic carbocycles. The summed E-state index contributed by atoms with van der Waals surface area (Å²) in [7, 11) is 1.40. The van der Waals surface area contributed by atoms with E-state index in [1.54, 1.807) is 0 Å². The number of methoxy groups -OCH3 is 1. The van der Waals surface area contributed by atoms with E-state index in [4.69, 9.17) is 0 Å². The number of alkyl carbamates (subject to hydrolysis) is 1. The van der Waals surface area contributed by atoms with Gasteiger partial charge in [0, 0.05) is 6.04 Å². The van der Waals surface area contributed by atoms with Crippen LogP contribution in [-0.2, 0) is 4.74 Å². The smallest absolute Gasteiger partial charge is 0.407 e. The molecule has 74 valence electrons. The van der Waals surface area contributed by atoms with Crippen molar-refractivity contribution in [1.29, 1.82) is 0 Å². The Hall–Kier alpha value is -0.990. The Morgan fingerprint density at radius 1 is 1.38 bits per heavy atom. The van der Waals surface area contributed by atoms with Crippen molar-refractivity contribution in [1.82, 2.24) is 5.32 Å². The first kappa shape index (κ1) is 10.1. The highest BCUT2D eigenvalue weighted by Crippen LogP contribution is 2.12. The van der Waals surface area contributed by atoms with Gasteiger partial charge in [-0.1, -0.05) is 12.2 Å². The molecule has 13 heavy (non-hydrogen) atoms. The number of hydrogen-bond donors (Lipinski definition) is 1. The molecule has 0 radical (unpaired) electrons. The molecule has 1 aliphatic rings. The lowest BCUT2D eigenvalue weighted by molar-refractivity contribution is 0.165. The van der Waals surface area contributed by atoms with Gasteiger partial charge in [-0.2, -0.15) is 0 Å². The van der Waals surface area contributed by atoms with Gasteiger partial charge in [-0.15, -0.1) is 0 Å². The van der Waals surface area contributed by atoms with Crippen molar-refractivity contribution >= 4 is 6.09 Å². The van der Waals surface area contributed by atoms with Gasteiger partial charge in [0.25, 0.3) is 0 Å². The van der Waals surface area contributed by atoms with Crippen LogP contribution in [0.3, 0.4) is 0 Å². The minimum absolute atomic E-state index is 0.289. The Bertz CT molecular complexity index is 189. The predicted molar refractivity (Wildman–Crippen MR) is 51.6 cm³/mol. The van der Waals surface area contributed by atoms with Crippen LogP contribution in [0.25, 0.3) is 0 Å². The van der Waals surface area contributed by atoms with Crippen LogP contribution in [-0.4, -0.2) is 19.2 Å². The van der Waals surface area contributed by atoms with Crippen molar-refractivity contribution in [3.8, 4) is 0 Å². The topological polar surface area (TPSA) is 38.3 Å². The Morgan fingerprint density at radius 3 is 2.92 bits per heavy atom. The quantitative estimate of drug-likeness (QED) is 0.633. The summed E-state index contributed by atoms with van der Waals surface area (Å²) in [5.74, 6) is 0. The van der Waals surface area contributed by atoms with Crippen LogP contribution in [0, 0.1) is 0 Å². The minimum atomic E-state index is -0.311. The molecular formula is C10H17NO2. The molecular weight excluding hydrogens is 166 g/mol. The van der Waals surface area contributed by atoms with Crippen molar-refractivity contribution in [2.75, 3.05) is 7.11 Å². The van der Waals surface area contributed by atoms with E-state index in [0.29, 0.717) is 0 Å². The standard InChI is InChI=1S/C10H17NO2/c1-13-10(12)11-9-7-5-3-2-4-6-8-9/h2-3,9H,4-8H2,1H3,(H,11,12)/b3-2+. The Morgan fingerprint density at radius 2 is 2.15 bits per heavy atom. The van der Waals surface area contributed by atoms with Crippen molar-refractivity contribution in [2.45, 2.75) is 38.1 Å². The number of ether oxygens (including phenoxy) is 1. The largest absolute Gasteiger partial charge is 0.453 e. The molecule has 1 atom stereocenters.